The van der Waals surface area contributed by atoms with E-state index in [-0.39, 0.29) is 0 Å². The van der Waals surface area contributed by atoms with E-state index in [1.807, 2.05) is 13.0 Å². The Morgan fingerprint density at radius 3 is 2.68 bits per heavy atom. The Balaban J connectivity index is 2.24. The maximum absolute atomic E-state index is 4.27. The molecular weight excluding hydrogens is 258 g/mol. The highest BCUT2D eigenvalue weighted by Gasteiger charge is 2.12. The lowest BCUT2D eigenvalue weighted by Crippen LogP contribution is -2.21. The lowest BCUT2D eigenvalue weighted by Gasteiger charge is -2.04. The molecular formula is C13H19N5S. The Bertz CT molecular complexity index is 550. The molecule has 6 heteroatoms. The number of aromatic nitrogens is 4. The molecule has 0 aliphatic carbocycles. The summed E-state index contributed by atoms with van der Waals surface area (Å²) in [5.74, 6) is 0. The molecule has 2 aromatic rings. The quantitative estimate of drug-likeness (QED) is 0.909. The smallest absolute Gasteiger partial charge is 0.149 e. The van der Waals surface area contributed by atoms with Crippen LogP contribution in [0.3, 0.4) is 0 Å². The second-order valence-corrected chi connectivity index (χ2v) is 5.80. The number of aryl methyl sites for hydroxylation is 2. The van der Waals surface area contributed by atoms with Crippen LogP contribution in [-0.4, -0.2) is 26.4 Å². The van der Waals surface area contributed by atoms with Gasteiger partial charge in [-0.2, -0.15) is 10.2 Å². The first kappa shape index (κ1) is 14.0. The van der Waals surface area contributed by atoms with Gasteiger partial charge in [0.2, 0.25) is 0 Å². The molecule has 5 nitrogen and oxygen atoms in total. The zero-order chi connectivity index (χ0) is 13.8. The first-order valence-corrected chi connectivity index (χ1v) is 7.31. The fraction of sp³-hybridized carbons (Fsp3) is 0.538. The van der Waals surface area contributed by atoms with Gasteiger partial charge in [-0.3, -0.25) is 0 Å². The summed E-state index contributed by atoms with van der Waals surface area (Å²) in [4.78, 5) is 0. The SMILES string of the molecule is CCc1nnc(C)cc1-c1nnc(CNC(C)C)s1. The van der Waals surface area contributed by atoms with Gasteiger partial charge in [0.05, 0.1) is 11.4 Å². The molecule has 2 aromatic heterocycles. The maximum Gasteiger partial charge on any atom is 0.149 e. The number of rotatable bonds is 5. The standard InChI is InChI=1S/C13H19N5S/c1-5-11-10(6-9(4)15-16-11)13-18-17-12(19-13)7-14-8(2)3/h6,8,14H,5,7H2,1-4H3. The van der Waals surface area contributed by atoms with Crippen LogP contribution in [0.25, 0.3) is 10.6 Å². The molecule has 1 N–H and O–H groups in total. The van der Waals surface area contributed by atoms with Crippen molar-refractivity contribution in [2.75, 3.05) is 0 Å². The molecule has 19 heavy (non-hydrogen) atoms. The molecule has 2 rings (SSSR count). The minimum absolute atomic E-state index is 0.448. The van der Waals surface area contributed by atoms with Gasteiger partial charge in [0, 0.05) is 18.2 Å². The van der Waals surface area contributed by atoms with Crippen molar-refractivity contribution in [1.29, 1.82) is 0 Å². The van der Waals surface area contributed by atoms with Crippen LogP contribution in [0.2, 0.25) is 0 Å². The van der Waals surface area contributed by atoms with Gasteiger partial charge in [-0.05, 0) is 19.4 Å². The summed E-state index contributed by atoms with van der Waals surface area (Å²) in [6.45, 7) is 9.01. The average molecular weight is 277 g/mol. The van der Waals surface area contributed by atoms with Crippen LogP contribution >= 0.6 is 11.3 Å². The monoisotopic (exact) mass is 277 g/mol. The minimum atomic E-state index is 0.448. The van der Waals surface area contributed by atoms with E-state index >= 15 is 0 Å². The topological polar surface area (TPSA) is 63.6 Å². The summed E-state index contributed by atoms with van der Waals surface area (Å²) in [6.07, 6.45) is 0.849. The van der Waals surface area contributed by atoms with Crippen molar-refractivity contribution in [3.05, 3.63) is 22.5 Å². The van der Waals surface area contributed by atoms with Crippen LogP contribution in [0.1, 0.15) is 37.2 Å². The van der Waals surface area contributed by atoms with E-state index in [2.05, 4.69) is 46.5 Å². The fourth-order valence-electron chi connectivity index (χ4n) is 1.69. The molecule has 0 fully saturated rings. The molecule has 0 bridgehead atoms. The highest BCUT2D eigenvalue weighted by molar-refractivity contribution is 7.14. The van der Waals surface area contributed by atoms with Crippen molar-refractivity contribution in [3.8, 4) is 10.6 Å². The Kier molecular flexibility index (Phi) is 4.55. The third kappa shape index (κ3) is 3.54. The van der Waals surface area contributed by atoms with Crippen LogP contribution in [0.15, 0.2) is 6.07 Å². The predicted octanol–water partition coefficient (Wildman–Crippen LogP) is 2.36. The number of nitrogens with one attached hydrogen (secondary N) is 1. The van der Waals surface area contributed by atoms with Crippen molar-refractivity contribution < 1.29 is 0 Å². The van der Waals surface area contributed by atoms with E-state index < -0.39 is 0 Å². The normalized spacial score (nSPS) is 11.2. The van der Waals surface area contributed by atoms with E-state index in [4.69, 9.17) is 0 Å². The second kappa shape index (κ2) is 6.16. The third-order valence-electron chi connectivity index (χ3n) is 2.69. The molecule has 0 aliphatic heterocycles. The van der Waals surface area contributed by atoms with Gasteiger partial charge in [0.1, 0.15) is 10.0 Å². The van der Waals surface area contributed by atoms with Gasteiger partial charge in [0.15, 0.2) is 0 Å². The first-order chi connectivity index (χ1) is 9.10. The van der Waals surface area contributed by atoms with Crippen LogP contribution < -0.4 is 5.32 Å². The van der Waals surface area contributed by atoms with Crippen LogP contribution in [0.5, 0.6) is 0 Å². The number of hydrogen-bond acceptors (Lipinski definition) is 6. The van der Waals surface area contributed by atoms with Gasteiger partial charge in [-0.1, -0.05) is 32.1 Å². The molecule has 2 heterocycles. The van der Waals surface area contributed by atoms with E-state index in [9.17, 15) is 0 Å². The maximum atomic E-state index is 4.27. The van der Waals surface area contributed by atoms with Crippen molar-refractivity contribution in [2.24, 2.45) is 0 Å². The molecule has 0 atom stereocenters. The third-order valence-corrected chi connectivity index (χ3v) is 3.64. The Labute approximate surface area is 117 Å². The Morgan fingerprint density at radius 2 is 2.00 bits per heavy atom. The lowest BCUT2D eigenvalue weighted by atomic mass is 10.1. The number of hydrogen-bond donors (Lipinski definition) is 1. The summed E-state index contributed by atoms with van der Waals surface area (Å²) in [5, 5.41) is 22.1. The molecule has 0 radical (unpaired) electrons. The summed E-state index contributed by atoms with van der Waals surface area (Å²) >= 11 is 1.61. The highest BCUT2D eigenvalue weighted by atomic mass is 32.1. The van der Waals surface area contributed by atoms with Gasteiger partial charge in [-0.15, -0.1) is 10.2 Å². The molecule has 102 valence electrons. The summed E-state index contributed by atoms with van der Waals surface area (Å²) in [6, 6.07) is 2.48. The zero-order valence-electron chi connectivity index (χ0n) is 11.8. The second-order valence-electron chi connectivity index (χ2n) is 4.74. The van der Waals surface area contributed by atoms with Gasteiger partial charge >= 0.3 is 0 Å². The lowest BCUT2D eigenvalue weighted by molar-refractivity contribution is 0.585. The molecule has 0 unspecified atom stereocenters. The predicted molar refractivity (Wildman–Crippen MR) is 77.0 cm³/mol. The summed E-state index contributed by atoms with van der Waals surface area (Å²) in [5.41, 5.74) is 2.94. The van der Waals surface area contributed by atoms with E-state index in [0.29, 0.717) is 6.04 Å². The molecule has 0 aliphatic rings. The summed E-state index contributed by atoms with van der Waals surface area (Å²) < 4.78 is 0. The first-order valence-electron chi connectivity index (χ1n) is 6.49. The van der Waals surface area contributed by atoms with Gasteiger partial charge < -0.3 is 5.32 Å². The molecule has 0 spiro atoms. The largest absolute Gasteiger partial charge is 0.308 e. The Hall–Kier alpha value is -1.40. The Morgan fingerprint density at radius 1 is 1.21 bits per heavy atom. The van der Waals surface area contributed by atoms with Crippen LogP contribution in [0.4, 0.5) is 0 Å². The summed E-state index contributed by atoms with van der Waals surface area (Å²) in [7, 11) is 0. The van der Waals surface area contributed by atoms with Crippen molar-refractivity contribution in [1.82, 2.24) is 25.7 Å². The van der Waals surface area contributed by atoms with Gasteiger partial charge in [-0.25, -0.2) is 0 Å². The van der Waals surface area contributed by atoms with E-state index in [1.54, 1.807) is 11.3 Å². The van der Waals surface area contributed by atoms with Crippen LogP contribution in [0, 0.1) is 6.92 Å². The highest BCUT2D eigenvalue weighted by Crippen LogP contribution is 2.26. The van der Waals surface area contributed by atoms with E-state index in [0.717, 1.165) is 39.9 Å². The molecule has 0 saturated carbocycles. The van der Waals surface area contributed by atoms with E-state index in [1.165, 1.54) is 0 Å². The molecule has 0 amide bonds. The van der Waals surface area contributed by atoms with Gasteiger partial charge in [0.25, 0.3) is 0 Å². The van der Waals surface area contributed by atoms with Crippen molar-refractivity contribution in [2.45, 2.75) is 46.7 Å². The zero-order valence-corrected chi connectivity index (χ0v) is 12.6. The molecule has 0 saturated heterocycles. The number of nitrogens with zero attached hydrogens (tertiary/aromatic N) is 4. The minimum Gasteiger partial charge on any atom is -0.308 e. The van der Waals surface area contributed by atoms with Crippen molar-refractivity contribution >= 4 is 11.3 Å². The average Bonchev–Trinajstić information content (AvgIpc) is 2.85. The van der Waals surface area contributed by atoms with Crippen molar-refractivity contribution in [3.63, 3.8) is 0 Å². The molecule has 0 aromatic carbocycles. The fourth-order valence-corrected chi connectivity index (χ4v) is 2.51. The van der Waals surface area contributed by atoms with Crippen LogP contribution in [-0.2, 0) is 13.0 Å².